The number of hydrogen-bond donors (Lipinski definition) is 0. The van der Waals surface area contributed by atoms with Crippen molar-refractivity contribution >= 4 is 0 Å². The van der Waals surface area contributed by atoms with Crippen LogP contribution in [0.2, 0.25) is 0 Å². The van der Waals surface area contributed by atoms with Crippen molar-refractivity contribution in [3.05, 3.63) is 50.9 Å². The Hall–Kier alpha value is -0.206. The minimum atomic E-state index is -0.578. The predicted octanol–water partition coefficient (Wildman–Crippen LogP) is 0.807. The Morgan fingerprint density at radius 1 is 0.778 bits per heavy atom. The van der Waals surface area contributed by atoms with Gasteiger partial charge in [-0.1, -0.05) is 0 Å². The van der Waals surface area contributed by atoms with E-state index in [9.17, 15) is 0 Å². The summed E-state index contributed by atoms with van der Waals surface area (Å²) in [5, 5.41) is 0. The number of hydrogen-bond acceptors (Lipinski definition) is 1. The first kappa shape index (κ1) is 26.8. The van der Waals surface area contributed by atoms with E-state index in [-0.39, 0.29) is 41.1 Å². The minimum absolute atomic E-state index is 0. The Kier molecular flexibility index (Phi) is 9.46. The molecule has 0 unspecified atom stereocenters. The Balaban J connectivity index is 0.00000338. The summed E-state index contributed by atoms with van der Waals surface area (Å²) in [6, 6.07) is 4.77. The van der Waals surface area contributed by atoms with Crippen LogP contribution in [-0.2, 0) is 35.8 Å². The van der Waals surface area contributed by atoms with Crippen molar-refractivity contribution in [1.82, 2.24) is 0 Å². The van der Waals surface area contributed by atoms with Gasteiger partial charge in [-0.25, -0.2) is 0 Å². The summed E-state index contributed by atoms with van der Waals surface area (Å²) in [5.74, 6) is 1.14. The standard InChI is InChI=1S/C18H30O.C5H5.2ClH.Ti/c1-16(2,3)12-10-13(17(4,5)6)15(19)14(11-12)18(7,8)9;1-2-4-5-3-1;;;/h10-11,19H,1-9H3;1-3H,4H2;2*1H;/q;;;;+3/p-3. The third kappa shape index (κ3) is 6.96. The van der Waals surface area contributed by atoms with Crippen LogP contribution in [0.3, 0.4) is 0 Å². The summed E-state index contributed by atoms with van der Waals surface area (Å²) in [7, 11) is 0. The van der Waals surface area contributed by atoms with Crippen LogP contribution in [0, 0.1) is 0 Å². The molecule has 0 spiro atoms. The van der Waals surface area contributed by atoms with Crippen LogP contribution < -0.4 is 28.1 Å². The third-order valence-electron chi connectivity index (χ3n) is 4.63. The summed E-state index contributed by atoms with van der Waals surface area (Å²) >= 11 is -0.578. The maximum absolute atomic E-state index is 6.59. The van der Waals surface area contributed by atoms with E-state index in [0.717, 1.165) is 12.2 Å². The van der Waals surface area contributed by atoms with Gasteiger partial charge in [-0.05, 0) is 0 Å². The van der Waals surface area contributed by atoms with Gasteiger partial charge in [0.1, 0.15) is 0 Å². The Morgan fingerprint density at radius 2 is 1.26 bits per heavy atom. The Morgan fingerprint density at radius 3 is 1.59 bits per heavy atom. The summed E-state index contributed by atoms with van der Waals surface area (Å²) in [6.45, 7) is 20.7. The van der Waals surface area contributed by atoms with Crippen LogP contribution in [0.25, 0.3) is 0 Å². The topological polar surface area (TPSA) is 9.23 Å². The molecule has 0 aliphatic heterocycles. The molecule has 0 bridgehead atoms. The molecule has 0 amide bonds. The van der Waals surface area contributed by atoms with Gasteiger partial charge in [0.05, 0.1) is 0 Å². The van der Waals surface area contributed by atoms with Crippen molar-refractivity contribution in [1.29, 1.82) is 0 Å². The second-order valence-corrected chi connectivity index (χ2v) is 11.8. The predicted molar refractivity (Wildman–Crippen MR) is 105 cm³/mol. The van der Waals surface area contributed by atoms with Crippen molar-refractivity contribution in [2.75, 3.05) is 0 Å². The van der Waals surface area contributed by atoms with E-state index in [1.165, 1.54) is 20.6 Å². The number of benzene rings is 1. The van der Waals surface area contributed by atoms with Crippen molar-refractivity contribution in [2.45, 2.75) is 85.0 Å². The number of allylic oxidation sites excluding steroid dienone is 4. The van der Waals surface area contributed by atoms with Crippen LogP contribution in [0.15, 0.2) is 34.2 Å². The second-order valence-electron chi connectivity index (χ2n) is 10.2. The molecule has 0 saturated carbocycles. The van der Waals surface area contributed by atoms with Crippen LogP contribution in [-0.4, -0.2) is 0 Å². The van der Waals surface area contributed by atoms with Crippen LogP contribution in [0.1, 0.15) is 85.4 Å². The monoisotopic (exact) mass is 444 g/mol. The first-order valence-electron chi connectivity index (χ1n) is 9.28. The van der Waals surface area contributed by atoms with E-state index in [1.54, 1.807) is 0 Å². The molecule has 4 heteroatoms. The molecule has 0 saturated heterocycles. The number of rotatable bonds is 3. The molecule has 0 fully saturated rings. The summed E-state index contributed by atoms with van der Waals surface area (Å²) < 4.78 is 8.06. The second kappa shape index (κ2) is 9.53. The van der Waals surface area contributed by atoms with E-state index in [0.29, 0.717) is 0 Å². The first-order valence-corrected chi connectivity index (χ1v) is 10.7. The van der Waals surface area contributed by atoms with Gasteiger partial charge in [0.25, 0.3) is 0 Å². The van der Waals surface area contributed by atoms with E-state index in [2.05, 4.69) is 92.7 Å². The molecule has 1 nitrogen and oxygen atoms in total. The molecule has 0 aromatic heterocycles. The molecular formula is C23H34Cl2OTi. The van der Waals surface area contributed by atoms with E-state index < -0.39 is 19.5 Å². The largest absolute Gasteiger partial charge is 1.00 e. The van der Waals surface area contributed by atoms with Crippen molar-refractivity contribution in [3.8, 4) is 5.75 Å². The molecule has 0 atom stereocenters. The molecule has 1 aromatic rings. The molecule has 1 aromatic carbocycles. The van der Waals surface area contributed by atoms with Crippen LogP contribution in [0.4, 0.5) is 0 Å². The zero-order valence-electron chi connectivity index (χ0n) is 18.3. The van der Waals surface area contributed by atoms with Gasteiger partial charge in [0, 0.05) is 0 Å². The molecule has 0 N–H and O–H groups in total. The maximum atomic E-state index is 6.59. The molecule has 2 rings (SSSR count). The molecule has 1 aliphatic carbocycles. The van der Waals surface area contributed by atoms with Gasteiger partial charge in [-0.15, -0.1) is 0 Å². The van der Waals surface area contributed by atoms with Crippen LogP contribution in [0.5, 0.6) is 5.75 Å². The molecule has 0 radical (unpaired) electrons. The van der Waals surface area contributed by atoms with Gasteiger partial charge in [-0.3, -0.25) is 0 Å². The van der Waals surface area contributed by atoms with E-state index >= 15 is 0 Å². The normalized spacial score (nSPS) is 14.0. The molecule has 0 heterocycles. The van der Waals surface area contributed by atoms with Gasteiger partial charge >= 0.3 is 165 Å². The molecule has 1 aliphatic rings. The fourth-order valence-corrected chi connectivity index (χ4v) is 4.20. The van der Waals surface area contributed by atoms with Crippen molar-refractivity contribution < 1.29 is 47.7 Å². The van der Waals surface area contributed by atoms with Crippen LogP contribution >= 0.6 is 0 Å². The van der Waals surface area contributed by atoms with Gasteiger partial charge in [0.2, 0.25) is 0 Å². The van der Waals surface area contributed by atoms with Crippen molar-refractivity contribution in [3.63, 3.8) is 0 Å². The third-order valence-corrected chi connectivity index (χ3v) is 6.09. The summed E-state index contributed by atoms with van der Waals surface area (Å²) in [4.78, 5) is 0. The van der Waals surface area contributed by atoms with E-state index in [4.69, 9.17) is 3.32 Å². The average Bonchev–Trinajstić information content (AvgIpc) is 2.94. The van der Waals surface area contributed by atoms with E-state index in [1.807, 2.05) is 0 Å². The van der Waals surface area contributed by atoms with Crippen molar-refractivity contribution in [2.24, 2.45) is 0 Å². The smallest absolute Gasteiger partial charge is 1.00 e. The quantitative estimate of drug-likeness (QED) is 0.626. The fraction of sp³-hybridized carbons (Fsp3) is 0.565. The summed E-state index contributed by atoms with van der Waals surface area (Å²) in [5.41, 5.74) is 4.35. The van der Waals surface area contributed by atoms with Gasteiger partial charge in [-0.2, -0.15) is 0 Å². The summed E-state index contributed by atoms with van der Waals surface area (Å²) in [6.07, 6.45) is 7.67. The van der Waals surface area contributed by atoms with Gasteiger partial charge < -0.3 is 24.8 Å². The first-order chi connectivity index (χ1) is 11.3. The Labute approximate surface area is 188 Å². The van der Waals surface area contributed by atoms with Gasteiger partial charge in [0.15, 0.2) is 0 Å². The fourth-order valence-electron chi connectivity index (χ4n) is 2.93. The average molecular weight is 445 g/mol. The minimum Gasteiger partial charge on any atom is -1.00 e. The zero-order chi connectivity index (χ0) is 19.0. The molecular weight excluding hydrogens is 411 g/mol. The Bertz CT molecular complexity index is 664. The molecule has 150 valence electrons. The molecule has 27 heavy (non-hydrogen) atoms. The maximum Gasteiger partial charge on any atom is -1.00 e. The zero-order valence-corrected chi connectivity index (χ0v) is 21.3. The number of halogens is 2. The SMILES string of the molecule is CC(C)(C)c1cc(C(C)(C)C)c([O][Ti+2][C]2=CC=CC2)c(C(C)(C)C)c1.[Cl-].[Cl-].